The van der Waals surface area contributed by atoms with E-state index in [-0.39, 0.29) is 50.4 Å². The third-order valence-electron chi connectivity index (χ3n) is 9.66. The average Bonchev–Trinajstić information content (AvgIpc) is 3.01. The molecule has 6 rings (SSSR count). The van der Waals surface area contributed by atoms with Crippen LogP contribution in [0.25, 0.3) is 0 Å². The minimum Gasteiger partial charge on any atom is -0.490 e. The number of hydrogen-bond acceptors (Lipinski definition) is 7. The van der Waals surface area contributed by atoms with Crippen molar-refractivity contribution >= 4 is 33.3 Å². The third-order valence-corrected chi connectivity index (χ3v) is 11.2. The molecule has 0 amide bonds. The first-order valence-corrected chi connectivity index (χ1v) is 18.7. The number of rotatable bonds is 9. The van der Waals surface area contributed by atoms with Crippen molar-refractivity contribution in [2.75, 3.05) is 13.2 Å². The highest BCUT2D eigenvalue weighted by Gasteiger charge is 2.49. The molecular formula is C40H44ClNO6S. The van der Waals surface area contributed by atoms with Crippen LogP contribution in [0.2, 0.25) is 5.02 Å². The number of carbonyl (C=O) groups excluding carboxylic acids is 2. The molecule has 49 heavy (non-hydrogen) atoms. The predicted molar refractivity (Wildman–Crippen MR) is 191 cm³/mol. The van der Waals surface area contributed by atoms with Gasteiger partial charge in [0.05, 0.1) is 11.6 Å². The molecule has 0 atom stereocenters. The van der Waals surface area contributed by atoms with Gasteiger partial charge in [-0.2, -0.15) is 8.42 Å². The summed E-state index contributed by atoms with van der Waals surface area (Å²) in [7, 11) is -4.25. The molecule has 0 saturated heterocycles. The van der Waals surface area contributed by atoms with Gasteiger partial charge < -0.3 is 13.8 Å². The maximum absolute atomic E-state index is 14.3. The summed E-state index contributed by atoms with van der Waals surface area (Å²) >= 11 is 6.89. The molecule has 0 aromatic heterocycles. The molecular weight excluding hydrogens is 658 g/mol. The lowest BCUT2D eigenvalue weighted by Gasteiger charge is -2.49. The molecule has 0 bridgehead atoms. The van der Waals surface area contributed by atoms with Crippen LogP contribution in [0.4, 0.5) is 0 Å². The maximum Gasteiger partial charge on any atom is 0.339 e. The minimum atomic E-state index is -4.25. The summed E-state index contributed by atoms with van der Waals surface area (Å²) in [6.45, 7) is 13.0. The van der Waals surface area contributed by atoms with E-state index in [0.717, 1.165) is 23.4 Å². The number of halogens is 1. The van der Waals surface area contributed by atoms with Crippen molar-refractivity contribution in [3.63, 3.8) is 0 Å². The van der Waals surface area contributed by atoms with Gasteiger partial charge in [-0.05, 0) is 79.3 Å². The van der Waals surface area contributed by atoms with E-state index in [2.05, 4.69) is 44.7 Å². The van der Waals surface area contributed by atoms with Crippen LogP contribution in [0.3, 0.4) is 0 Å². The molecule has 3 aromatic rings. The number of carbonyl (C=O) groups is 2. The first-order valence-electron chi connectivity index (χ1n) is 16.9. The highest BCUT2D eigenvalue weighted by atomic mass is 35.5. The summed E-state index contributed by atoms with van der Waals surface area (Å²) in [4.78, 5) is 30.9. The SMILES string of the molecule is CCOc1cc(C2C3=C(CC(C)(C)CC3=O)N(CCc3ccccc3)C3=C2C(=O)CC(C)(C)C3)cc(Cl)c1OS(=O)(=O)c1ccc(C)cc1. The Balaban J connectivity index is 1.51. The Morgan fingerprint density at radius 3 is 1.96 bits per heavy atom. The van der Waals surface area contributed by atoms with Gasteiger partial charge in [-0.15, -0.1) is 0 Å². The first kappa shape index (κ1) is 35.0. The van der Waals surface area contributed by atoms with Crippen molar-refractivity contribution in [1.29, 1.82) is 0 Å². The number of aryl methyl sites for hydroxylation is 1. The molecule has 9 heteroatoms. The molecule has 3 aliphatic rings. The number of nitrogens with zero attached hydrogens (tertiary/aromatic N) is 1. The van der Waals surface area contributed by atoms with Gasteiger partial charge in [-0.3, -0.25) is 9.59 Å². The highest BCUT2D eigenvalue weighted by molar-refractivity contribution is 7.87. The molecule has 258 valence electrons. The second kappa shape index (κ2) is 13.1. The molecule has 0 spiro atoms. The second-order valence-corrected chi connectivity index (χ2v) is 17.0. The topological polar surface area (TPSA) is 90.0 Å². The Labute approximate surface area is 295 Å². The summed E-state index contributed by atoms with van der Waals surface area (Å²) in [5, 5.41) is 0.0135. The second-order valence-electron chi connectivity index (χ2n) is 15.0. The van der Waals surface area contributed by atoms with Crippen LogP contribution in [0, 0.1) is 17.8 Å². The van der Waals surface area contributed by atoms with E-state index in [9.17, 15) is 18.0 Å². The molecule has 2 aliphatic carbocycles. The van der Waals surface area contributed by atoms with Gasteiger partial charge in [0.2, 0.25) is 5.75 Å². The zero-order valence-electron chi connectivity index (χ0n) is 29.1. The standard InChI is InChI=1S/C40H44ClNO6S/c1-7-47-34-20-27(19-29(41)38(34)48-49(45,46)28-15-13-25(2)14-16-28)35-36-30(21-39(3,4)23-32(36)43)42(18-17-26-11-9-8-10-12-26)31-22-40(5,6)24-33(44)37(31)35/h8-16,19-20,35H,7,17-18,21-24H2,1-6H3. The van der Waals surface area contributed by atoms with Crippen molar-refractivity contribution in [3.05, 3.63) is 111 Å². The van der Waals surface area contributed by atoms with E-state index in [1.807, 2.05) is 25.1 Å². The molecule has 0 fully saturated rings. The molecule has 1 aliphatic heterocycles. The van der Waals surface area contributed by atoms with Crippen molar-refractivity contribution < 1.29 is 26.9 Å². The fraction of sp³-hybridized carbons (Fsp3) is 0.400. The van der Waals surface area contributed by atoms with Crippen LogP contribution in [0.15, 0.2) is 94.2 Å². The van der Waals surface area contributed by atoms with Crippen LogP contribution in [-0.2, 0) is 26.1 Å². The zero-order chi connectivity index (χ0) is 35.3. The van der Waals surface area contributed by atoms with Gasteiger partial charge in [0.15, 0.2) is 17.3 Å². The quantitative estimate of drug-likeness (QED) is 0.206. The van der Waals surface area contributed by atoms with Gasteiger partial charge in [0.1, 0.15) is 4.90 Å². The lowest BCUT2D eigenvalue weighted by molar-refractivity contribution is -0.119. The van der Waals surface area contributed by atoms with Gasteiger partial charge in [0, 0.05) is 47.8 Å². The number of Topliss-reactive ketones (excluding diaryl/α,β-unsaturated/α-hetero) is 2. The van der Waals surface area contributed by atoms with Crippen LogP contribution in [-0.4, -0.2) is 38.0 Å². The lowest BCUT2D eigenvalue weighted by Crippen LogP contribution is -2.45. The van der Waals surface area contributed by atoms with Crippen molar-refractivity contribution in [3.8, 4) is 11.5 Å². The maximum atomic E-state index is 14.3. The van der Waals surface area contributed by atoms with Crippen molar-refractivity contribution in [1.82, 2.24) is 4.90 Å². The van der Waals surface area contributed by atoms with E-state index in [1.54, 1.807) is 31.2 Å². The molecule has 3 aromatic carbocycles. The molecule has 1 heterocycles. The number of allylic oxidation sites excluding steroid dienone is 4. The van der Waals surface area contributed by atoms with Crippen LogP contribution >= 0.6 is 11.6 Å². The summed E-state index contributed by atoms with van der Waals surface area (Å²) in [6, 6.07) is 19.9. The smallest absolute Gasteiger partial charge is 0.339 e. The Hall–Kier alpha value is -3.88. The number of ketones is 2. The van der Waals surface area contributed by atoms with Crippen LogP contribution in [0.1, 0.15) is 82.9 Å². The van der Waals surface area contributed by atoms with E-state index in [0.29, 0.717) is 48.9 Å². The molecule has 0 unspecified atom stereocenters. The molecule has 0 saturated carbocycles. The zero-order valence-corrected chi connectivity index (χ0v) is 30.6. The average molecular weight is 702 g/mol. The van der Waals surface area contributed by atoms with E-state index in [4.69, 9.17) is 20.5 Å². The normalized spacial score (nSPS) is 19.1. The molecule has 0 N–H and O–H groups in total. The van der Waals surface area contributed by atoms with E-state index < -0.39 is 16.0 Å². The molecule has 7 nitrogen and oxygen atoms in total. The Morgan fingerprint density at radius 2 is 1.41 bits per heavy atom. The molecule has 0 radical (unpaired) electrons. The van der Waals surface area contributed by atoms with Gasteiger partial charge in [-0.1, -0.05) is 87.3 Å². The van der Waals surface area contributed by atoms with Gasteiger partial charge in [0.25, 0.3) is 0 Å². The fourth-order valence-corrected chi connectivity index (χ4v) is 8.76. The summed E-state index contributed by atoms with van der Waals surface area (Å²) in [6.07, 6.45) is 2.79. The first-order chi connectivity index (χ1) is 23.1. The van der Waals surface area contributed by atoms with Gasteiger partial charge >= 0.3 is 10.1 Å². The van der Waals surface area contributed by atoms with Crippen LogP contribution < -0.4 is 8.92 Å². The van der Waals surface area contributed by atoms with Crippen molar-refractivity contribution in [2.45, 2.75) is 84.5 Å². The monoisotopic (exact) mass is 701 g/mol. The Bertz CT molecular complexity index is 1920. The number of hydrogen-bond donors (Lipinski definition) is 0. The van der Waals surface area contributed by atoms with Gasteiger partial charge in [-0.25, -0.2) is 0 Å². The largest absolute Gasteiger partial charge is 0.490 e. The number of ether oxygens (including phenoxy) is 1. The van der Waals surface area contributed by atoms with Crippen molar-refractivity contribution in [2.24, 2.45) is 10.8 Å². The Kier molecular flexibility index (Phi) is 9.35. The summed E-state index contributed by atoms with van der Waals surface area (Å²) in [5.74, 6) is -0.680. The van der Waals surface area contributed by atoms with E-state index in [1.165, 1.54) is 17.7 Å². The summed E-state index contributed by atoms with van der Waals surface area (Å²) in [5.41, 5.74) is 5.26. The van der Waals surface area contributed by atoms with E-state index >= 15 is 0 Å². The minimum absolute atomic E-state index is 0.00139. The fourth-order valence-electron chi connectivity index (χ4n) is 7.50. The number of benzene rings is 3. The van der Waals surface area contributed by atoms with Crippen LogP contribution in [0.5, 0.6) is 11.5 Å². The predicted octanol–water partition coefficient (Wildman–Crippen LogP) is 8.74. The highest BCUT2D eigenvalue weighted by Crippen LogP contribution is 2.55. The summed E-state index contributed by atoms with van der Waals surface area (Å²) < 4.78 is 38.3. The lowest BCUT2D eigenvalue weighted by atomic mass is 9.63. The Morgan fingerprint density at radius 1 is 0.837 bits per heavy atom. The third kappa shape index (κ3) is 7.08.